The van der Waals surface area contributed by atoms with Gasteiger partial charge in [-0.3, -0.25) is 0 Å². The van der Waals surface area contributed by atoms with E-state index in [9.17, 15) is 14.4 Å². The zero-order chi connectivity index (χ0) is 16.5. The predicted molar refractivity (Wildman–Crippen MR) is 82.6 cm³/mol. The first-order valence-corrected chi connectivity index (χ1v) is 7.36. The third-order valence-electron chi connectivity index (χ3n) is 2.34. The largest absolute Gasteiger partial charge is 0.477 e. The number of carboxylic acid groups (broad SMARTS) is 1. The van der Waals surface area contributed by atoms with Crippen molar-refractivity contribution in [1.29, 1.82) is 0 Å². The highest BCUT2D eigenvalue weighted by molar-refractivity contribution is 7.15. The molecule has 0 aliphatic heterocycles. The average Bonchev–Trinajstić information content (AvgIpc) is 2.87. The summed E-state index contributed by atoms with van der Waals surface area (Å²) < 4.78 is 9.52. The molecule has 0 spiro atoms. The third-order valence-corrected chi connectivity index (χ3v) is 3.45. The Bertz CT molecular complexity index is 566. The van der Waals surface area contributed by atoms with E-state index in [1.165, 1.54) is 30.4 Å². The van der Waals surface area contributed by atoms with Gasteiger partial charge in [0.15, 0.2) is 0 Å². The van der Waals surface area contributed by atoms with Gasteiger partial charge in [0, 0.05) is 17.0 Å². The lowest BCUT2D eigenvalue weighted by Gasteiger charge is -1.96. The standard InChI is InChI=1S/C15H16O6S/c1-3-20-13(16)7-5-10-9-12(15(18)19)22-11(10)6-8-14(17)21-4-2/h5-9H,3-4H2,1-2H3,(H,18,19)/b7-5+,8-6+. The van der Waals surface area contributed by atoms with Crippen LogP contribution in [0.4, 0.5) is 0 Å². The van der Waals surface area contributed by atoms with Crippen LogP contribution in [0.3, 0.4) is 0 Å². The molecule has 0 atom stereocenters. The number of carbonyl (C=O) groups is 3. The van der Waals surface area contributed by atoms with Crippen LogP contribution in [0.15, 0.2) is 18.2 Å². The first-order chi connectivity index (χ1) is 10.5. The Morgan fingerprint density at radius 1 is 1.09 bits per heavy atom. The molecule has 7 heteroatoms. The summed E-state index contributed by atoms with van der Waals surface area (Å²) >= 11 is 0.995. The van der Waals surface area contributed by atoms with Crippen LogP contribution in [0.5, 0.6) is 0 Å². The Morgan fingerprint density at radius 2 is 1.64 bits per heavy atom. The summed E-state index contributed by atoms with van der Waals surface area (Å²) in [6.45, 7) is 3.88. The maximum Gasteiger partial charge on any atom is 0.345 e. The second-order valence-electron chi connectivity index (χ2n) is 3.91. The normalized spacial score (nSPS) is 11.0. The number of hydrogen-bond donors (Lipinski definition) is 1. The van der Waals surface area contributed by atoms with E-state index in [-0.39, 0.29) is 18.1 Å². The highest BCUT2D eigenvalue weighted by atomic mass is 32.1. The molecule has 1 rings (SSSR count). The van der Waals surface area contributed by atoms with Gasteiger partial charge in [0.25, 0.3) is 0 Å². The van der Waals surface area contributed by atoms with Crippen LogP contribution >= 0.6 is 11.3 Å². The van der Waals surface area contributed by atoms with E-state index in [2.05, 4.69) is 0 Å². The molecule has 0 saturated carbocycles. The summed E-state index contributed by atoms with van der Waals surface area (Å²) in [4.78, 5) is 34.3. The van der Waals surface area contributed by atoms with Crippen molar-refractivity contribution in [3.05, 3.63) is 33.5 Å². The minimum atomic E-state index is -1.08. The quantitative estimate of drug-likeness (QED) is 0.612. The number of carboxylic acids is 1. The van der Waals surface area contributed by atoms with Crippen molar-refractivity contribution in [3.63, 3.8) is 0 Å². The molecule has 0 radical (unpaired) electrons. The van der Waals surface area contributed by atoms with Gasteiger partial charge in [0.1, 0.15) is 4.88 Å². The Balaban J connectivity index is 3.01. The van der Waals surface area contributed by atoms with Crippen molar-refractivity contribution in [2.24, 2.45) is 0 Å². The smallest absolute Gasteiger partial charge is 0.345 e. The van der Waals surface area contributed by atoms with Gasteiger partial charge in [-0.2, -0.15) is 0 Å². The molecule has 0 fully saturated rings. The van der Waals surface area contributed by atoms with E-state index in [0.29, 0.717) is 10.4 Å². The fraction of sp³-hybridized carbons (Fsp3) is 0.267. The van der Waals surface area contributed by atoms with Gasteiger partial charge in [-0.05, 0) is 37.6 Å². The van der Waals surface area contributed by atoms with Crippen molar-refractivity contribution >= 4 is 41.4 Å². The van der Waals surface area contributed by atoms with Crippen LogP contribution in [0.2, 0.25) is 0 Å². The van der Waals surface area contributed by atoms with Crippen molar-refractivity contribution in [2.75, 3.05) is 13.2 Å². The average molecular weight is 324 g/mol. The number of carbonyl (C=O) groups excluding carboxylic acids is 2. The Labute approximate surface area is 131 Å². The molecular weight excluding hydrogens is 308 g/mol. The highest BCUT2D eigenvalue weighted by Crippen LogP contribution is 2.25. The molecule has 1 N–H and O–H groups in total. The number of esters is 2. The van der Waals surface area contributed by atoms with Crippen molar-refractivity contribution in [2.45, 2.75) is 13.8 Å². The van der Waals surface area contributed by atoms with E-state index in [1.54, 1.807) is 13.8 Å². The molecule has 1 aromatic rings. The molecule has 0 saturated heterocycles. The number of rotatable bonds is 7. The molecule has 22 heavy (non-hydrogen) atoms. The number of thiophene rings is 1. The SMILES string of the molecule is CCOC(=O)/C=C/c1cc(C(=O)O)sc1/C=C/C(=O)OCC. The second-order valence-corrected chi connectivity index (χ2v) is 4.99. The number of aromatic carboxylic acids is 1. The lowest BCUT2D eigenvalue weighted by atomic mass is 10.2. The van der Waals surface area contributed by atoms with Crippen molar-refractivity contribution < 1.29 is 29.0 Å². The molecule has 0 aliphatic carbocycles. The monoisotopic (exact) mass is 324 g/mol. The van der Waals surface area contributed by atoms with Crippen LogP contribution in [0, 0.1) is 0 Å². The molecule has 1 aromatic heterocycles. The van der Waals surface area contributed by atoms with Crippen LogP contribution < -0.4 is 0 Å². The molecule has 1 heterocycles. The number of ether oxygens (including phenoxy) is 2. The highest BCUT2D eigenvalue weighted by Gasteiger charge is 2.11. The van der Waals surface area contributed by atoms with Gasteiger partial charge >= 0.3 is 17.9 Å². The second kappa shape index (κ2) is 8.78. The Kier molecular flexibility index (Phi) is 7.04. The summed E-state index contributed by atoms with van der Waals surface area (Å²) in [5, 5.41) is 9.02. The van der Waals surface area contributed by atoms with Crippen molar-refractivity contribution in [1.82, 2.24) is 0 Å². The molecular formula is C15H16O6S. The lowest BCUT2D eigenvalue weighted by molar-refractivity contribution is -0.138. The van der Waals surface area contributed by atoms with Gasteiger partial charge in [0.2, 0.25) is 0 Å². The first-order valence-electron chi connectivity index (χ1n) is 6.54. The summed E-state index contributed by atoms with van der Waals surface area (Å²) in [6.07, 6.45) is 5.33. The Hall–Kier alpha value is -2.41. The van der Waals surface area contributed by atoms with E-state index in [0.717, 1.165) is 11.3 Å². The first kappa shape index (κ1) is 17.6. The predicted octanol–water partition coefficient (Wildman–Crippen LogP) is 2.60. The minimum Gasteiger partial charge on any atom is -0.477 e. The molecule has 0 aromatic carbocycles. The fourth-order valence-corrected chi connectivity index (χ4v) is 2.36. The molecule has 0 bridgehead atoms. The van der Waals surface area contributed by atoms with E-state index in [4.69, 9.17) is 14.6 Å². The molecule has 0 unspecified atom stereocenters. The molecule has 118 valence electrons. The summed E-state index contributed by atoms with van der Waals surface area (Å²) in [7, 11) is 0. The molecule has 0 amide bonds. The van der Waals surface area contributed by atoms with Crippen LogP contribution in [-0.4, -0.2) is 36.2 Å². The maximum absolute atomic E-state index is 11.3. The van der Waals surface area contributed by atoms with Crippen molar-refractivity contribution in [3.8, 4) is 0 Å². The zero-order valence-electron chi connectivity index (χ0n) is 12.2. The van der Waals surface area contributed by atoms with E-state index in [1.807, 2.05) is 0 Å². The van der Waals surface area contributed by atoms with Gasteiger partial charge in [0.05, 0.1) is 13.2 Å². The third kappa shape index (κ3) is 5.53. The Morgan fingerprint density at radius 3 is 2.14 bits per heavy atom. The van der Waals surface area contributed by atoms with Crippen LogP contribution in [-0.2, 0) is 19.1 Å². The summed E-state index contributed by atoms with van der Waals surface area (Å²) in [5.41, 5.74) is 0.510. The van der Waals surface area contributed by atoms with Crippen LogP contribution in [0.25, 0.3) is 12.2 Å². The topological polar surface area (TPSA) is 89.9 Å². The fourth-order valence-electron chi connectivity index (χ4n) is 1.47. The zero-order valence-corrected chi connectivity index (χ0v) is 13.0. The van der Waals surface area contributed by atoms with E-state index < -0.39 is 17.9 Å². The van der Waals surface area contributed by atoms with Gasteiger partial charge in [-0.1, -0.05) is 0 Å². The lowest BCUT2D eigenvalue weighted by Crippen LogP contribution is -1.99. The molecule has 6 nitrogen and oxygen atoms in total. The maximum atomic E-state index is 11.3. The van der Waals surface area contributed by atoms with Gasteiger partial charge in [-0.25, -0.2) is 14.4 Å². The molecule has 0 aliphatic rings. The summed E-state index contributed by atoms with van der Waals surface area (Å²) in [5.74, 6) is -2.12. The van der Waals surface area contributed by atoms with Gasteiger partial charge in [-0.15, -0.1) is 11.3 Å². The van der Waals surface area contributed by atoms with Gasteiger partial charge < -0.3 is 14.6 Å². The summed E-state index contributed by atoms with van der Waals surface area (Å²) in [6, 6.07) is 1.42. The van der Waals surface area contributed by atoms with E-state index >= 15 is 0 Å². The number of hydrogen-bond acceptors (Lipinski definition) is 6. The van der Waals surface area contributed by atoms with Crippen LogP contribution in [0.1, 0.15) is 34.0 Å². The minimum absolute atomic E-state index is 0.104.